The molecule has 0 spiro atoms. The van der Waals surface area contributed by atoms with E-state index in [0.717, 1.165) is 5.57 Å². The molecule has 50 valence electrons. The highest BCUT2D eigenvalue weighted by Gasteiger charge is 2.17. The zero-order valence-electron chi connectivity index (χ0n) is 5.55. The van der Waals surface area contributed by atoms with E-state index >= 15 is 0 Å². The van der Waals surface area contributed by atoms with E-state index in [9.17, 15) is 4.79 Å². The SMILES string of the molecule is CON1CC(C)=CC1=O. The summed E-state index contributed by atoms with van der Waals surface area (Å²) in [6.45, 7) is 2.51. The van der Waals surface area contributed by atoms with Crippen molar-refractivity contribution in [2.45, 2.75) is 6.92 Å². The first-order valence-electron chi connectivity index (χ1n) is 2.77. The minimum atomic E-state index is -0.0602. The summed E-state index contributed by atoms with van der Waals surface area (Å²) < 4.78 is 0. The molecule has 0 aliphatic carbocycles. The third kappa shape index (κ3) is 1.10. The highest BCUT2D eigenvalue weighted by molar-refractivity contribution is 5.90. The van der Waals surface area contributed by atoms with Crippen LogP contribution >= 0.6 is 0 Å². The summed E-state index contributed by atoms with van der Waals surface area (Å²) in [4.78, 5) is 15.5. The van der Waals surface area contributed by atoms with Crippen molar-refractivity contribution in [2.24, 2.45) is 0 Å². The quantitative estimate of drug-likeness (QED) is 0.508. The van der Waals surface area contributed by atoms with Gasteiger partial charge in [0, 0.05) is 6.08 Å². The fourth-order valence-electron chi connectivity index (χ4n) is 0.787. The lowest BCUT2D eigenvalue weighted by Gasteiger charge is -2.10. The maximum atomic E-state index is 10.7. The Morgan fingerprint density at radius 2 is 2.44 bits per heavy atom. The summed E-state index contributed by atoms with van der Waals surface area (Å²) >= 11 is 0. The number of amides is 1. The van der Waals surface area contributed by atoms with E-state index in [1.807, 2.05) is 6.92 Å². The van der Waals surface area contributed by atoms with Crippen molar-refractivity contribution in [1.82, 2.24) is 5.06 Å². The Kier molecular flexibility index (Phi) is 1.53. The largest absolute Gasteiger partial charge is 0.274 e. The molecule has 0 bridgehead atoms. The van der Waals surface area contributed by atoms with Crippen LogP contribution in [0.3, 0.4) is 0 Å². The molecule has 0 saturated carbocycles. The van der Waals surface area contributed by atoms with Crippen LogP contribution in [0, 0.1) is 0 Å². The van der Waals surface area contributed by atoms with Crippen LogP contribution in [0.25, 0.3) is 0 Å². The minimum Gasteiger partial charge on any atom is -0.274 e. The van der Waals surface area contributed by atoms with Gasteiger partial charge >= 0.3 is 0 Å². The molecule has 1 aliphatic rings. The lowest BCUT2D eigenvalue weighted by Crippen LogP contribution is -2.23. The first-order valence-corrected chi connectivity index (χ1v) is 2.77. The van der Waals surface area contributed by atoms with Crippen molar-refractivity contribution >= 4 is 5.91 Å². The fraction of sp³-hybridized carbons (Fsp3) is 0.500. The van der Waals surface area contributed by atoms with E-state index in [-0.39, 0.29) is 5.91 Å². The van der Waals surface area contributed by atoms with E-state index < -0.39 is 0 Å². The number of hydrogen-bond acceptors (Lipinski definition) is 2. The van der Waals surface area contributed by atoms with E-state index in [1.54, 1.807) is 6.08 Å². The molecule has 0 saturated heterocycles. The smallest absolute Gasteiger partial charge is 0.270 e. The van der Waals surface area contributed by atoms with E-state index in [4.69, 9.17) is 4.84 Å². The molecule has 0 aromatic carbocycles. The van der Waals surface area contributed by atoms with Crippen molar-refractivity contribution in [1.29, 1.82) is 0 Å². The Morgan fingerprint density at radius 1 is 1.78 bits per heavy atom. The average molecular weight is 127 g/mol. The molecule has 0 aromatic rings. The number of nitrogens with zero attached hydrogens (tertiary/aromatic N) is 1. The van der Waals surface area contributed by atoms with Crippen LogP contribution in [0.4, 0.5) is 0 Å². The van der Waals surface area contributed by atoms with Gasteiger partial charge in [0.25, 0.3) is 5.91 Å². The monoisotopic (exact) mass is 127 g/mol. The van der Waals surface area contributed by atoms with Gasteiger partial charge in [-0.1, -0.05) is 0 Å². The molecule has 0 fully saturated rings. The fourth-order valence-corrected chi connectivity index (χ4v) is 0.787. The highest BCUT2D eigenvalue weighted by Crippen LogP contribution is 2.07. The molecule has 0 aromatic heterocycles. The molecule has 0 N–H and O–H groups in total. The normalized spacial score (nSPS) is 18.7. The number of rotatable bonds is 1. The van der Waals surface area contributed by atoms with E-state index in [0.29, 0.717) is 6.54 Å². The number of carbonyl (C=O) groups excluding carboxylic acids is 1. The van der Waals surface area contributed by atoms with Gasteiger partial charge in [-0.25, -0.2) is 5.06 Å². The van der Waals surface area contributed by atoms with Crippen molar-refractivity contribution in [3.05, 3.63) is 11.6 Å². The Morgan fingerprint density at radius 3 is 2.67 bits per heavy atom. The second kappa shape index (κ2) is 2.19. The Hall–Kier alpha value is -0.830. The predicted molar refractivity (Wildman–Crippen MR) is 32.5 cm³/mol. The van der Waals surface area contributed by atoms with Crippen LogP contribution in [0.1, 0.15) is 6.92 Å². The second-order valence-electron chi connectivity index (χ2n) is 2.05. The Bertz CT molecular complexity index is 162. The Balaban J connectivity index is 2.60. The summed E-state index contributed by atoms with van der Waals surface area (Å²) in [5.41, 5.74) is 1.04. The molecule has 9 heavy (non-hydrogen) atoms. The lowest BCUT2D eigenvalue weighted by atomic mass is 10.3. The van der Waals surface area contributed by atoms with Gasteiger partial charge in [0.1, 0.15) is 0 Å². The molecule has 1 aliphatic heterocycles. The molecular formula is C6H9NO2. The summed E-state index contributed by atoms with van der Waals surface area (Å²) in [6, 6.07) is 0. The molecule has 1 amide bonds. The van der Waals surface area contributed by atoms with Crippen LogP contribution in [0.2, 0.25) is 0 Å². The van der Waals surface area contributed by atoms with E-state index in [1.165, 1.54) is 12.2 Å². The molecule has 1 rings (SSSR count). The van der Waals surface area contributed by atoms with Crippen LogP contribution in [-0.2, 0) is 9.63 Å². The topological polar surface area (TPSA) is 29.5 Å². The Labute approximate surface area is 53.9 Å². The standard InChI is InChI=1S/C6H9NO2/c1-5-3-6(8)7(4-5)9-2/h3H,4H2,1-2H3. The van der Waals surface area contributed by atoms with Gasteiger partial charge < -0.3 is 0 Å². The predicted octanol–water partition coefficient (Wildman–Crippen LogP) is 0.336. The van der Waals surface area contributed by atoms with Crippen molar-refractivity contribution in [3.8, 4) is 0 Å². The van der Waals surface area contributed by atoms with Crippen LogP contribution in [0.15, 0.2) is 11.6 Å². The first kappa shape index (κ1) is 6.29. The third-order valence-electron chi connectivity index (χ3n) is 1.23. The summed E-state index contributed by atoms with van der Waals surface area (Å²) in [5.74, 6) is -0.0602. The molecule has 0 unspecified atom stereocenters. The number of hydrogen-bond donors (Lipinski definition) is 0. The maximum Gasteiger partial charge on any atom is 0.270 e. The molecule has 1 heterocycles. The second-order valence-corrected chi connectivity index (χ2v) is 2.05. The van der Waals surface area contributed by atoms with Gasteiger partial charge in [-0.05, 0) is 12.5 Å². The number of hydroxylamine groups is 2. The molecular weight excluding hydrogens is 118 g/mol. The van der Waals surface area contributed by atoms with Gasteiger partial charge in [-0.3, -0.25) is 9.63 Å². The van der Waals surface area contributed by atoms with Crippen molar-refractivity contribution < 1.29 is 9.63 Å². The van der Waals surface area contributed by atoms with Crippen molar-refractivity contribution in [3.63, 3.8) is 0 Å². The minimum absolute atomic E-state index is 0.0602. The number of carbonyl (C=O) groups is 1. The zero-order chi connectivity index (χ0) is 6.85. The molecule has 0 radical (unpaired) electrons. The summed E-state index contributed by atoms with van der Waals surface area (Å²) in [5, 5.41) is 1.31. The van der Waals surface area contributed by atoms with Gasteiger partial charge in [-0.15, -0.1) is 0 Å². The van der Waals surface area contributed by atoms with Gasteiger partial charge in [0.15, 0.2) is 0 Å². The summed E-state index contributed by atoms with van der Waals surface area (Å²) in [7, 11) is 1.49. The van der Waals surface area contributed by atoms with Crippen LogP contribution in [0.5, 0.6) is 0 Å². The first-order chi connectivity index (χ1) is 4.24. The zero-order valence-corrected chi connectivity index (χ0v) is 5.55. The van der Waals surface area contributed by atoms with Crippen LogP contribution < -0.4 is 0 Å². The molecule has 0 atom stereocenters. The lowest BCUT2D eigenvalue weighted by molar-refractivity contribution is -0.164. The molecule has 3 heteroatoms. The van der Waals surface area contributed by atoms with Gasteiger partial charge in [-0.2, -0.15) is 0 Å². The van der Waals surface area contributed by atoms with Gasteiger partial charge in [0.05, 0.1) is 13.7 Å². The van der Waals surface area contributed by atoms with Gasteiger partial charge in [0.2, 0.25) is 0 Å². The maximum absolute atomic E-state index is 10.7. The highest BCUT2D eigenvalue weighted by atomic mass is 16.7. The third-order valence-corrected chi connectivity index (χ3v) is 1.23. The van der Waals surface area contributed by atoms with Crippen molar-refractivity contribution in [2.75, 3.05) is 13.7 Å². The summed E-state index contributed by atoms with van der Waals surface area (Å²) in [6.07, 6.45) is 1.57. The van der Waals surface area contributed by atoms with E-state index in [2.05, 4.69) is 0 Å². The molecule has 3 nitrogen and oxygen atoms in total. The average Bonchev–Trinajstić information content (AvgIpc) is 2.10. The van der Waals surface area contributed by atoms with Crippen LogP contribution in [-0.4, -0.2) is 24.6 Å².